The van der Waals surface area contributed by atoms with E-state index < -0.39 is 16.8 Å². The molecule has 0 radical (unpaired) electrons. The number of hydrogen-bond acceptors (Lipinski definition) is 3. The van der Waals surface area contributed by atoms with E-state index in [1.807, 2.05) is 0 Å². The van der Waals surface area contributed by atoms with Crippen molar-refractivity contribution in [3.63, 3.8) is 0 Å². The van der Waals surface area contributed by atoms with E-state index in [2.05, 4.69) is 12.6 Å². The quantitative estimate of drug-likeness (QED) is 0.488. The van der Waals surface area contributed by atoms with E-state index in [-0.39, 0.29) is 5.91 Å². The van der Waals surface area contributed by atoms with E-state index in [9.17, 15) is 9.59 Å². The topological polar surface area (TPSA) is 57.6 Å². The van der Waals surface area contributed by atoms with Crippen LogP contribution in [0.3, 0.4) is 0 Å². The van der Waals surface area contributed by atoms with Crippen LogP contribution in [-0.2, 0) is 9.59 Å². The fourth-order valence-corrected chi connectivity index (χ4v) is 2.01. The molecule has 0 aromatic rings. The third kappa shape index (κ3) is 2.25. The highest BCUT2D eigenvalue weighted by Gasteiger charge is 2.42. The summed E-state index contributed by atoms with van der Waals surface area (Å²) in [5, 5.41) is 8.60. The number of carbonyl (C=O) groups is 2. The van der Waals surface area contributed by atoms with Gasteiger partial charge in [0.25, 0.3) is 0 Å². The normalized spacial score (nSPS) is 17.5. The number of hydrogen-bond donors (Lipinski definition) is 2. The smallest absolute Gasteiger partial charge is 0.329 e. The van der Waals surface area contributed by atoms with Gasteiger partial charge in [-0.3, -0.25) is 4.79 Å². The number of thiol groups is 1. The van der Waals surface area contributed by atoms with Gasteiger partial charge in [0.1, 0.15) is 15.9 Å². The Morgan fingerprint density at radius 3 is 2.08 bits per heavy atom. The van der Waals surface area contributed by atoms with E-state index in [4.69, 9.17) is 5.11 Å². The van der Waals surface area contributed by atoms with Crippen LogP contribution in [0.4, 0.5) is 0 Å². The number of aliphatic carboxylic acids is 1. The summed E-state index contributed by atoms with van der Waals surface area (Å²) in [6.45, 7) is 4.55. The van der Waals surface area contributed by atoms with Gasteiger partial charge in [0, 0.05) is 12.2 Å². The Morgan fingerprint density at radius 1 is 1.62 bits per heavy atom. The number of carboxylic acids is 1. The van der Waals surface area contributed by atoms with Gasteiger partial charge >= 0.3 is 5.97 Å². The molecular formula is C7H15NO3SSi. The molecule has 0 aliphatic heterocycles. The van der Waals surface area contributed by atoms with Crippen LogP contribution in [0.25, 0.3) is 0 Å². The van der Waals surface area contributed by atoms with Crippen molar-refractivity contribution in [2.75, 3.05) is 0 Å². The molecule has 4 nitrogen and oxygen atoms in total. The van der Waals surface area contributed by atoms with Crippen molar-refractivity contribution in [2.24, 2.45) is 0 Å². The number of carbonyl (C=O) groups excluding carboxylic acids is 1. The Balaban J connectivity index is 5.01. The first kappa shape index (κ1) is 12.5. The van der Waals surface area contributed by atoms with Crippen molar-refractivity contribution in [1.82, 2.24) is 4.57 Å². The molecule has 0 heterocycles. The first-order valence-electron chi connectivity index (χ1n) is 3.90. The minimum absolute atomic E-state index is 0.225. The molecule has 13 heavy (non-hydrogen) atoms. The maximum Gasteiger partial charge on any atom is 0.329 e. The molecule has 2 atom stereocenters. The fourth-order valence-electron chi connectivity index (χ4n) is 0.929. The molecule has 0 spiro atoms. The highest BCUT2D eigenvalue weighted by atomic mass is 32.1. The monoisotopic (exact) mass is 221 g/mol. The second-order valence-corrected chi connectivity index (χ2v) is 4.88. The van der Waals surface area contributed by atoms with Crippen LogP contribution in [0.2, 0.25) is 0 Å². The lowest BCUT2D eigenvalue weighted by atomic mass is 9.98. The van der Waals surface area contributed by atoms with Gasteiger partial charge in [-0.15, -0.1) is 0 Å². The van der Waals surface area contributed by atoms with E-state index in [0.717, 1.165) is 0 Å². The van der Waals surface area contributed by atoms with Gasteiger partial charge in [-0.25, -0.2) is 4.79 Å². The van der Waals surface area contributed by atoms with Crippen molar-refractivity contribution >= 4 is 34.9 Å². The summed E-state index contributed by atoms with van der Waals surface area (Å²) in [4.78, 5) is 22.1. The van der Waals surface area contributed by atoms with Crippen molar-refractivity contribution in [3.05, 3.63) is 0 Å². The van der Waals surface area contributed by atoms with Gasteiger partial charge in [-0.1, -0.05) is 6.92 Å². The second-order valence-electron chi connectivity index (χ2n) is 3.21. The van der Waals surface area contributed by atoms with Crippen LogP contribution in [0.15, 0.2) is 0 Å². The van der Waals surface area contributed by atoms with Gasteiger partial charge in [0.05, 0.1) is 0 Å². The molecule has 0 saturated heterocycles. The molecule has 0 aromatic carbocycles. The summed E-state index contributed by atoms with van der Waals surface area (Å²) in [5.74, 6) is -1.24. The minimum atomic E-state index is -1.19. The molecule has 0 fully saturated rings. The van der Waals surface area contributed by atoms with Gasteiger partial charge in [0.15, 0.2) is 0 Å². The zero-order valence-corrected chi connectivity index (χ0v) is 11.1. The SMILES string of the molecule is CC(=O)N([SiH3])[C@](C)(C(=O)O)C(C)S. The average molecular weight is 221 g/mol. The third-order valence-corrected chi connectivity index (χ3v) is 4.48. The maximum absolute atomic E-state index is 11.1. The molecule has 0 aromatic heterocycles. The lowest BCUT2D eigenvalue weighted by Gasteiger charge is -2.37. The number of nitrogens with zero attached hydrogens (tertiary/aromatic N) is 1. The average Bonchev–Trinajstić information content (AvgIpc) is 2.00. The highest BCUT2D eigenvalue weighted by Crippen LogP contribution is 2.22. The Hall–Kier alpha value is -0.493. The van der Waals surface area contributed by atoms with Crippen molar-refractivity contribution in [2.45, 2.75) is 31.6 Å². The molecule has 1 N–H and O–H groups in total. The van der Waals surface area contributed by atoms with E-state index in [0.29, 0.717) is 10.4 Å². The van der Waals surface area contributed by atoms with Crippen LogP contribution in [0, 0.1) is 0 Å². The third-order valence-electron chi connectivity index (χ3n) is 2.42. The van der Waals surface area contributed by atoms with E-state index in [1.54, 1.807) is 6.92 Å². The molecule has 0 saturated carbocycles. The zero-order chi connectivity index (χ0) is 10.8. The van der Waals surface area contributed by atoms with Crippen LogP contribution in [0.5, 0.6) is 0 Å². The van der Waals surface area contributed by atoms with E-state index >= 15 is 0 Å². The summed E-state index contributed by atoms with van der Waals surface area (Å²) < 4.78 is 1.33. The van der Waals surface area contributed by atoms with Crippen LogP contribution >= 0.6 is 12.6 Å². The lowest BCUT2D eigenvalue weighted by Crippen LogP contribution is -2.58. The molecule has 6 heteroatoms. The summed E-state index contributed by atoms with van der Waals surface area (Å²) in [6, 6.07) is 0. The van der Waals surface area contributed by atoms with Gasteiger partial charge in [0.2, 0.25) is 5.91 Å². The Bertz CT molecular complexity index is 234. The largest absolute Gasteiger partial charge is 0.479 e. The molecule has 0 rings (SSSR count). The number of rotatable bonds is 3. The standard InChI is InChI=1S/C7H15NO3SSi/c1-4(12)7(3,6(10)11)8(13)5(2)9/h4,12H,1-3,13H3,(H,10,11)/t4?,7-/m0/s1. The first-order valence-corrected chi connectivity index (χ1v) is 5.31. The summed E-state index contributed by atoms with van der Waals surface area (Å²) >= 11 is 4.10. The van der Waals surface area contributed by atoms with Crippen LogP contribution in [0.1, 0.15) is 20.8 Å². The maximum atomic E-state index is 11.1. The molecular weight excluding hydrogens is 206 g/mol. The van der Waals surface area contributed by atoms with Crippen LogP contribution in [-0.4, -0.2) is 42.7 Å². The van der Waals surface area contributed by atoms with Gasteiger partial charge in [-0.05, 0) is 6.92 Å². The summed E-state index contributed by atoms with van der Waals surface area (Å²) in [5.41, 5.74) is -1.19. The summed E-state index contributed by atoms with van der Waals surface area (Å²) in [6.07, 6.45) is 0. The fraction of sp³-hybridized carbons (Fsp3) is 0.714. The predicted octanol–water partition coefficient (Wildman–Crippen LogP) is -0.723. The number of amides is 1. The van der Waals surface area contributed by atoms with Gasteiger partial charge in [-0.2, -0.15) is 12.6 Å². The highest BCUT2D eigenvalue weighted by molar-refractivity contribution is 7.81. The molecule has 1 amide bonds. The predicted molar refractivity (Wildman–Crippen MR) is 56.9 cm³/mol. The second kappa shape index (κ2) is 4.14. The Labute approximate surface area is 86.2 Å². The van der Waals surface area contributed by atoms with Gasteiger partial charge < -0.3 is 9.67 Å². The summed E-state index contributed by atoms with van der Waals surface area (Å²) in [7, 11) is 0.381. The van der Waals surface area contributed by atoms with E-state index in [1.165, 1.54) is 18.4 Å². The first-order chi connectivity index (χ1) is 5.74. The van der Waals surface area contributed by atoms with Crippen molar-refractivity contribution in [1.29, 1.82) is 0 Å². The van der Waals surface area contributed by atoms with Crippen molar-refractivity contribution < 1.29 is 14.7 Å². The Morgan fingerprint density at radius 2 is 2.00 bits per heavy atom. The lowest BCUT2D eigenvalue weighted by molar-refractivity contribution is -0.151. The molecule has 0 aliphatic rings. The van der Waals surface area contributed by atoms with Crippen molar-refractivity contribution in [3.8, 4) is 0 Å². The number of carboxylic acid groups (broad SMARTS) is 1. The Kier molecular flexibility index (Phi) is 3.99. The minimum Gasteiger partial charge on any atom is -0.479 e. The zero-order valence-electron chi connectivity index (χ0n) is 8.24. The molecule has 0 aliphatic carbocycles. The molecule has 1 unspecified atom stereocenters. The molecule has 76 valence electrons. The molecule has 0 bridgehead atoms. The van der Waals surface area contributed by atoms with Crippen LogP contribution < -0.4 is 0 Å².